The van der Waals surface area contributed by atoms with Crippen molar-refractivity contribution in [1.29, 1.82) is 0 Å². The highest BCUT2D eigenvalue weighted by atomic mass is 35.5. The van der Waals surface area contributed by atoms with Crippen LogP contribution in [0, 0.1) is 5.92 Å². The number of urea groups is 1. The molecule has 36 heavy (non-hydrogen) atoms. The van der Waals surface area contributed by atoms with Crippen LogP contribution >= 0.6 is 23.2 Å². The largest absolute Gasteiger partial charge is 0.573 e. The van der Waals surface area contributed by atoms with Crippen molar-refractivity contribution in [3.05, 3.63) is 88.4 Å². The summed E-state index contributed by atoms with van der Waals surface area (Å²) in [4.78, 5) is 16.6. The van der Waals surface area contributed by atoms with Gasteiger partial charge in [0.05, 0.1) is 19.3 Å². The Kier molecular flexibility index (Phi) is 6.28. The third-order valence-corrected chi connectivity index (χ3v) is 6.73. The summed E-state index contributed by atoms with van der Waals surface area (Å²) in [6.07, 6.45) is -4.93. The molecule has 0 spiro atoms. The first-order valence-electron chi connectivity index (χ1n) is 10.9. The third-order valence-electron chi connectivity index (χ3n) is 6.22. The summed E-state index contributed by atoms with van der Waals surface area (Å²) in [7, 11) is 0. The van der Waals surface area contributed by atoms with Gasteiger partial charge in [-0.3, -0.25) is 9.80 Å². The lowest BCUT2D eigenvalue weighted by Crippen LogP contribution is -2.57. The molecule has 2 aliphatic rings. The molecule has 0 radical (unpaired) electrons. The van der Waals surface area contributed by atoms with Crippen molar-refractivity contribution >= 4 is 40.6 Å². The number of ether oxygens (including phenoxy) is 2. The van der Waals surface area contributed by atoms with E-state index in [1.165, 1.54) is 17.0 Å². The molecule has 3 aromatic carbocycles. The zero-order chi connectivity index (χ0) is 25.7. The van der Waals surface area contributed by atoms with Crippen LogP contribution in [-0.2, 0) is 10.5 Å². The van der Waals surface area contributed by atoms with Crippen molar-refractivity contribution in [2.45, 2.75) is 18.1 Å². The number of rotatable bonds is 5. The Morgan fingerprint density at radius 3 is 2.06 bits per heavy atom. The van der Waals surface area contributed by atoms with E-state index in [4.69, 9.17) is 27.9 Å². The fraction of sp³-hybridized carbons (Fsp3) is 0.240. The molecule has 188 valence electrons. The molecule has 1 unspecified atom stereocenters. The summed E-state index contributed by atoms with van der Waals surface area (Å²) in [5.41, 5.74) is -1.29. The van der Waals surface area contributed by atoms with Crippen molar-refractivity contribution in [2.75, 3.05) is 23.0 Å². The highest BCUT2D eigenvalue weighted by Crippen LogP contribution is 2.49. The first-order valence-corrected chi connectivity index (χ1v) is 11.6. The molecule has 2 heterocycles. The first-order chi connectivity index (χ1) is 17.1. The van der Waals surface area contributed by atoms with E-state index in [-0.39, 0.29) is 24.7 Å². The van der Waals surface area contributed by atoms with E-state index in [1.54, 1.807) is 48.5 Å². The summed E-state index contributed by atoms with van der Waals surface area (Å²) in [6, 6.07) is 16.2. The molecule has 0 bridgehead atoms. The fourth-order valence-electron chi connectivity index (χ4n) is 4.65. The van der Waals surface area contributed by atoms with E-state index < -0.39 is 29.9 Å². The van der Waals surface area contributed by atoms with E-state index in [0.29, 0.717) is 21.4 Å². The Balaban J connectivity index is 1.71. The molecule has 11 heteroatoms. The molecule has 5 rings (SSSR count). The Morgan fingerprint density at radius 1 is 0.944 bits per heavy atom. The Bertz CT molecular complexity index is 1270. The molecule has 1 N–H and O–H groups in total. The van der Waals surface area contributed by atoms with Crippen LogP contribution in [0.15, 0.2) is 72.8 Å². The van der Waals surface area contributed by atoms with E-state index in [0.717, 1.165) is 17.0 Å². The minimum absolute atomic E-state index is 0.0425. The molecule has 0 aliphatic carbocycles. The molecule has 3 aromatic rings. The van der Waals surface area contributed by atoms with Crippen LogP contribution < -0.4 is 14.5 Å². The number of carbonyl (C=O) groups excluding carboxylic acids is 1. The number of hydrogen-bond acceptors (Lipinski definition) is 4. The van der Waals surface area contributed by atoms with Crippen LogP contribution in [0.25, 0.3) is 0 Å². The van der Waals surface area contributed by atoms with Gasteiger partial charge in [0, 0.05) is 32.9 Å². The lowest BCUT2D eigenvalue weighted by atomic mass is 9.83. The fourth-order valence-corrected chi connectivity index (χ4v) is 4.90. The zero-order valence-electron chi connectivity index (χ0n) is 18.5. The average molecular weight is 539 g/mol. The Labute approximate surface area is 214 Å². The van der Waals surface area contributed by atoms with E-state index in [2.05, 4.69) is 4.74 Å². The predicted molar refractivity (Wildman–Crippen MR) is 128 cm³/mol. The number of aliphatic hydroxyl groups is 1. The summed E-state index contributed by atoms with van der Waals surface area (Å²) in [5, 5.41) is 13.3. The maximum absolute atomic E-state index is 14.0. The normalized spacial score (nSPS) is 22.6. The maximum Gasteiger partial charge on any atom is 0.573 e. The Hall–Kier alpha value is -2.98. The topological polar surface area (TPSA) is 62.2 Å². The van der Waals surface area contributed by atoms with Gasteiger partial charge in [-0.1, -0.05) is 35.3 Å². The summed E-state index contributed by atoms with van der Waals surface area (Å²) in [5.74, 6) is -0.843. The number of benzene rings is 3. The van der Waals surface area contributed by atoms with Gasteiger partial charge in [0.15, 0.2) is 5.72 Å². The Morgan fingerprint density at radius 2 is 1.53 bits per heavy atom. The predicted octanol–water partition coefficient (Wildman–Crippen LogP) is 6.20. The highest BCUT2D eigenvalue weighted by Gasteiger charge is 2.62. The van der Waals surface area contributed by atoms with Crippen LogP contribution in [0.5, 0.6) is 5.75 Å². The van der Waals surface area contributed by atoms with Crippen LogP contribution in [0.1, 0.15) is 5.56 Å². The smallest absolute Gasteiger partial charge is 0.406 e. The van der Waals surface area contributed by atoms with Gasteiger partial charge in [0.1, 0.15) is 5.75 Å². The molecular weight excluding hydrogens is 520 g/mol. The van der Waals surface area contributed by atoms with Gasteiger partial charge in [-0.05, 0) is 60.7 Å². The minimum atomic E-state index is -4.93. The quantitative estimate of drug-likeness (QED) is 0.420. The summed E-state index contributed by atoms with van der Waals surface area (Å²) < 4.78 is 48.4. The van der Waals surface area contributed by atoms with Crippen molar-refractivity contribution in [1.82, 2.24) is 0 Å². The van der Waals surface area contributed by atoms with Crippen LogP contribution in [0.2, 0.25) is 10.0 Å². The van der Waals surface area contributed by atoms with Gasteiger partial charge in [-0.15, -0.1) is 13.2 Å². The molecule has 0 saturated carbocycles. The molecule has 2 saturated heterocycles. The van der Waals surface area contributed by atoms with Gasteiger partial charge in [-0.2, -0.15) is 0 Å². The van der Waals surface area contributed by atoms with Crippen molar-refractivity contribution in [2.24, 2.45) is 5.92 Å². The second-order valence-corrected chi connectivity index (χ2v) is 9.36. The van der Waals surface area contributed by atoms with Gasteiger partial charge in [0.25, 0.3) is 0 Å². The third kappa shape index (κ3) is 4.37. The summed E-state index contributed by atoms with van der Waals surface area (Å²) in [6.45, 7) is 0.495. The SMILES string of the molecule is O=C1N(c2ccc(Cl)cc2)[C@H](C2COC2)C(O)(c2cccc(OC(F)(F)F)c2)N1c1ccc(Cl)cc1. The van der Waals surface area contributed by atoms with Crippen LogP contribution in [0.3, 0.4) is 0 Å². The number of halogens is 5. The monoisotopic (exact) mass is 538 g/mol. The van der Waals surface area contributed by atoms with Gasteiger partial charge in [-0.25, -0.2) is 4.79 Å². The second-order valence-electron chi connectivity index (χ2n) is 8.48. The molecular formula is C25H19Cl2F3N2O4. The second kappa shape index (κ2) is 9.15. The number of hydrogen-bond donors (Lipinski definition) is 1. The number of anilines is 2. The number of carbonyl (C=O) groups is 1. The number of alkyl halides is 3. The highest BCUT2D eigenvalue weighted by molar-refractivity contribution is 6.31. The van der Waals surface area contributed by atoms with E-state index >= 15 is 0 Å². The van der Waals surface area contributed by atoms with Gasteiger partial charge in [0.2, 0.25) is 0 Å². The lowest BCUT2D eigenvalue weighted by molar-refractivity contribution is -0.274. The minimum Gasteiger partial charge on any atom is -0.406 e. The van der Waals surface area contributed by atoms with Gasteiger partial charge >= 0.3 is 12.4 Å². The van der Waals surface area contributed by atoms with Crippen molar-refractivity contribution in [3.63, 3.8) is 0 Å². The molecule has 0 aromatic heterocycles. The number of nitrogens with zero attached hydrogens (tertiary/aromatic N) is 2. The lowest BCUT2D eigenvalue weighted by Gasteiger charge is -2.43. The maximum atomic E-state index is 14.0. The standard InChI is InChI=1S/C25H19Cl2F3N2O4/c26-17-4-8-19(9-5-17)31-22(15-13-35-14-15)24(34,16-2-1-3-21(12-16)36-25(28,29)30)32(23(31)33)20-10-6-18(27)7-11-20/h1-12,15,22,34H,13-14H2/t22-,24?/m1/s1. The molecule has 2 aliphatic heterocycles. The van der Waals surface area contributed by atoms with Crippen molar-refractivity contribution in [3.8, 4) is 5.75 Å². The molecule has 2 atom stereocenters. The van der Waals surface area contributed by atoms with Crippen molar-refractivity contribution < 1.29 is 32.5 Å². The summed E-state index contributed by atoms with van der Waals surface area (Å²) >= 11 is 12.1. The van der Waals surface area contributed by atoms with E-state index in [9.17, 15) is 23.1 Å². The molecule has 2 amide bonds. The zero-order valence-corrected chi connectivity index (χ0v) is 20.0. The molecule has 6 nitrogen and oxygen atoms in total. The number of amides is 2. The first kappa shape index (κ1) is 24.7. The van der Waals surface area contributed by atoms with Crippen LogP contribution in [0.4, 0.5) is 29.3 Å². The average Bonchev–Trinajstić information content (AvgIpc) is 3.01. The van der Waals surface area contributed by atoms with Gasteiger partial charge < -0.3 is 14.6 Å². The molecule has 2 fully saturated rings. The van der Waals surface area contributed by atoms with E-state index in [1.807, 2.05) is 0 Å². The van der Waals surface area contributed by atoms with Crippen LogP contribution in [-0.4, -0.2) is 36.8 Å².